The van der Waals surface area contributed by atoms with Crippen molar-refractivity contribution >= 4 is 32.1 Å². The fraction of sp³-hybridized carbons (Fsp3) is 0.469. The molecule has 0 N–H and O–H groups in total. The molecule has 0 spiro atoms. The molecule has 0 aromatic heterocycles. The number of benzene rings is 4. The van der Waals surface area contributed by atoms with Crippen molar-refractivity contribution in [2.24, 2.45) is 0 Å². The van der Waals surface area contributed by atoms with Gasteiger partial charge in [-0.1, -0.05) is 24.3 Å². The third-order valence-corrected chi connectivity index (χ3v) is 12.7. The molecule has 0 aliphatic carbocycles. The predicted octanol–water partition coefficient (Wildman–Crippen LogP) is 5.84. The van der Waals surface area contributed by atoms with Crippen molar-refractivity contribution < 1.29 is 63.2 Å². The number of rotatable bonds is 20. The van der Waals surface area contributed by atoms with Crippen molar-refractivity contribution in [3.8, 4) is 56.8 Å². The molecule has 0 bridgehead atoms. The molecule has 2 heterocycles. The summed E-state index contributed by atoms with van der Waals surface area (Å²) in [7, 11) is -2.34. The molecule has 18 nitrogen and oxygen atoms in total. The third-order valence-electron chi connectivity index (χ3n) is 11.6. The number of methoxy groups -OCH3 is 4. The Balaban J connectivity index is 1.09. The Morgan fingerprint density at radius 3 is 1.16 bits per heavy atom. The lowest BCUT2D eigenvalue weighted by Gasteiger charge is -2.45. The predicted molar refractivity (Wildman–Crippen MR) is 261 cm³/mol. The average Bonchev–Trinajstić information content (AvgIpc) is 3.31. The van der Waals surface area contributed by atoms with Crippen molar-refractivity contribution in [3.63, 3.8) is 0 Å². The van der Waals surface area contributed by atoms with E-state index < -0.39 is 26.1 Å². The van der Waals surface area contributed by atoms with E-state index in [4.69, 9.17) is 36.8 Å². The van der Waals surface area contributed by atoms with E-state index in [1.54, 1.807) is 62.5 Å². The van der Waals surface area contributed by atoms with Crippen molar-refractivity contribution in [2.45, 2.75) is 52.2 Å². The molecular formula is C49H64N4O14S2. The summed E-state index contributed by atoms with van der Waals surface area (Å²) in [6, 6.07) is 21.7. The minimum absolute atomic E-state index is 0.0409. The first-order chi connectivity index (χ1) is 32.7. The number of nitrogens with zero attached hydrogens (tertiary/aromatic N) is 4. The zero-order valence-electron chi connectivity index (χ0n) is 41.0. The van der Waals surface area contributed by atoms with Crippen LogP contribution in [0.25, 0.3) is 22.3 Å². The normalized spacial score (nSPS) is 15.3. The van der Waals surface area contributed by atoms with Gasteiger partial charge in [-0.2, -0.15) is 16.8 Å². The minimum Gasteiger partial charge on any atom is -0.493 e. The van der Waals surface area contributed by atoms with Crippen LogP contribution in [0.4, 0.5) is 0 Å². The van der Waals surface area contributed by atoms with Gasteiger partial charge in [-0.15, -0.1) is 0 Å². The van der Waals surface area contributed by atoms with Crippen LogP contribution in [0.1, 0.15) is 54.8 Å². The highest BCUT2D eigenvalue weighted by molar-refractivity contribution is 7.86. The van der Waals surface area contributed by atoms with Gasteiger partial charge < -0.3 is 38.2 Å². The summed E-state index contributed by atoms with van der Waals surface area (Å²) in [4.78, 5) is 34.4. The van der Waals surface area contributed by atoms with Gasteiger partial charge in [-0.05, 0) is 98.5 Å². The van der Waals surface area contributed by atoms with Gasteiger partial charge in [0, 0.05) is 76.5 Å². The highest BCUT2D eigenvalue weighted by atomic mass is 32.2. The maximum Gasteiger partial charge on any atom is 0.268 e. The number of hydrogen-bond donors (Lipinski definition) is 0. The topological polar surface area (TPSA) is 189 Å². The minimum atomic E-state index is -4.28. The monoisotopic (exact) mass is 996 g/mol. The van der Waals surface area contributed by atoms with Crippen LogP contribution in [0, 0.1) is 0 Å². The smallest absolute Gasteiger partial charge is 0.268 e. The number of ether oxygens (including phenoxy) is 6. The number of amides is 2. The Labute approximate surface area is 406 Å². The summed E-state index contributed by atoms with van der Waals surface area (Å²) in [5.74, 6) is 0.390. The maximum absolute atomic E-state index is 13.8. The summed E-state index contributed by atoms with van der Waals surface area (Å²) in [6.45, 7) is 9.72. The lowest BCUT2D eigenvalue weighted by molar-refractivity contribution is -0.230. The van der Waals surface area contributed by atoms with Crippen LogP contribution in [0.3, 0.4) is 0 Å². The van der Waals surface area contributed by atoms with E-state index >= 15 is 0 Å². The average molecular weight is 997 g/mol. The first-order valence-electron chi connectivity index (χ1n) is 22.6. The van der Waals surface area contributed by atoms with Gasteiger partial charge in [0.2, 0.25) is 11.5 Å². The zero-order chi connectivity index (χ0) is 50.3. The molecular weight excluding hydrogens is 933 g/mol. The van der Waals surface area contributed by atoms with E-state index in [1.165, 1.54) is 4.90 Å². The largest absolute Gasteiger partial charge is 0.493 e. The number of piperazine rings is 2. The number of carbonyl (C=O) groups excluding carboxylic acids is 2. The second kappa shape index (κ2) is 22.4. The summed E-state index contributed by atoms with van der Waals surface area (Å²) >= 11 is 0. The molecule has 2 saturated heterocycles. The lowest BCUT2D eigenvalue weighted by atomic mass is 10.0. The van der Waals surface area contributed by atoms with Gasteiger partial charge in [0.15, 0.2) is 23.0 Å². The highest BCUT2D eigenvalue weighted by Crippen LogP contribution is 2.43. The summed E-state index contributed by atoms with van der Waals surface area (Å²) in [5.41, 5.74) is 4.19. The molecule has 6 rings (SSSR count). The summed E-state index contributed by atoms with van der Waals surface area (Å²) in [6.07, 6.45) is 1.29. The Bertz CT molecular complexity index is 2560. The lowest BCUT2D eigenvalue weighted by Crippen LogP contribution is -2.62. The van der Waals surface area contributed by atoms with Gasteiger partial charge in [0.1, 0.15) is 0 Å². The maximum atomic E-state index is 13.8. The first-order valence-corrected chi connectivity index (χ1v) is 26.2. The van der Waals surface area contributed by atoms with Crippen molar-refractivity contribution in [1.82, 2.24) is 19.6 Å². The highest BCUT2D eigenvalue weighted by Gasteiger charge is 2.47. The van der Waals surface area contributed by atoms with Crippen LogP contribution in [-0.2, 0) is 28.6 Å². The molecule has 2 aliphatic rings. The van der Waals surface area contributed by atoms with E-state index in [9.17, 15) is 26.4 Å². The molecule has 2 fully saturated rings. The van der Waals surface area contributed by atoms with Crippen LogP contribution >= 0.6 is 0 Å². The van der Waals surface area contributed by atoms with E-state index in [0.717, 1.165) is 34.8 Å². The Morgan fingerprint density at radius 1 is 0.522 bits per heavy atom. The Kier molecular flexibility index (Phi) is 17.1. The molecule has 0 saturated carbocycles. The second-order valence-corrected chi connectivity index (χ2v) is 20.5. The van der Waals surface area contributed by atoms with Crippen LogP contribution in [0.15, 0.2) is 72.8 Å². The molecule has 0 unspecified atom stereocenters. The summed E-state index contributed by atoms with van der Waals surface area (Å²) in [5, 5.41) is 0. The Hall–Kier alpha value is -5.64. The van der Waals surface area contributed by atoms with Crippen molar-refractivity contribution in [2.75, 3.05) is 99.9 Å². The van der Waals surface area contributed by atoms with E-state index in [0.29, 0.717) is 71.8 Å². The molecule has 0 atom stereocenters. The van der Waals surface area contributed by atoms with Gasteiger partial charge >= 0.3 is 0 Å². The molecule has 69 heavy (non-hydrogen) atoms. The number of carbonyl (C=O) groups is 2. The van der Waals surface area contributed by atoms with Crippen LogP contribution in [0.5, 0.6) is 34.5 Å². The van der Waals surface area contributed by atoms with Gasteiger partial charge in [-0.3, -0.25) is 14.5 Å². The quantitative estimate of drug-likeness (QED) is 0.0758. The molecule has 2 amide bonds. The summed E-state index contributed by atoms with van der Waals surface area (Å²) < 4.78 is 96.8. The fourth-order valence-corrected chi connectivity index (χ4v) is 9.77. The van der Waals surface area contributed by atoms with Crippen LogP contribution in [-0.4, -0.2) is 166 Å². The molecule has 20 heteroatoms. The van der Waals surface area contributed by atoms with Gasteiger partial charge in [0.05, 0.1) is 53.2 Å². The number of hydrogen-bond acceptors (Lipinski definition) is 16. The molecule has 4 aromatic carbocycles. The Morgan fingerprint density at radius 2 is 0.855 bits per heavy atom. The van der Waals surface area contributed by atoms with Crippen molar-refractivity contribution in [1.29, 1.82) is 0 Å². The molecule has 376 valence electrons. The van der Waals surface area contributed by atoms with Crippen LogP contribution in [0.2, 0.25) is 0 Å². The van der Waals surface area contributed by atoms with E-state index in [1.807, 2.05) is 81.1 Å². The van der Waals surface area contributed by atoms with E-state index in [-0.39, 0.29) is 63.2 Å². The molecule has 4 aromatic rings. The van der Waals surface area contributed by atoms with E-state index in [2.05, 4.69) is 0 Å². The molecule has 2 aliphatic heterocycles. The molecule has 0 radical (unpaired) electrons. The zero-order valence-corrected chi connectivity index (χ0v) is 42.6. The van der Waals surface area contributed by atoms with Crippen LogP contribution < -0.4 is 28.4 Å². The fourth-order valence-electron chi connectivity index (χ4n) is 8.33. The third kappa shape index (κ3) is 13.4. The second-order valence-electron chi connectivity index (χ2n) is 17.4. The standard InChI is InChI=1S/C49H64N4O14S2/c1-33(2)64-45-41(60-5)29-39(30-42(45)61-6)35-11-15-37(16-12-35)47(54)51-23-21-50(22-24-51)20-19-49(66-68(9,56)57,67-69(10,58)59)53-27-25-52(26-28-53)48(55)38-17-13-36(14-18-38)40-31-43(62-7)46(65-34(3)4)44(32-40)63-8/h11-18,29-34H,19-28H2,1-10H3. The first kappa shape index (κ1) is 52.7. The SMILES string of the molecule is COc1cc(-c2ccc(C(=O)N3CCN(CCC(OS(C)(=O)=O)(OS(C)(=O)=O)N4CCN(C(=O)c5ccc(-c6cc(OC)c(OC(C)C)c(OC)c6)cc5)CC4)CC3)cc2)cc(OC)c1OC(C)C. The van der Waals surface area contributed by atoms with Gasteiger partial charge in [-0.25, -0.2) is 13.3 Å². The van der Waals surface area contributed by atoms with Gasteiger partial charge in [0.25, 0.3) is 38.0 Å². The van der Waals surface area contributed by atoms with Crippen molar-refractivity contribution in [3.05, 3.63) is 83.9 Å².